The van der Waals surface area contributed by atoms with Gasteiger partial charge < -0.3 is 15.0 Å². The van der Waals surface area contributed by atoms with Gasteiger partial charge in [0.05, 0.1) is 6.61 Å². The Hall–Kier alpha value is -2.40. The predicted molar refractivity (Wildman–Crippen MR) is 95.1 cm³/mol. The first-order valence-corrected chi connectivity index (χ1v) is 8.28. The zero-order valence-corrected chi connectivity index (χ0v) is 14.4. The highest BCUT2D eigenvalue weighted by atomic mass is 16.5. The minimum absolute atomic E-state index is 0.0935. The summed E-state index contributed by atoms with van der Waals surface area (Å²) in [5.41, 5.74) is 1.87. The van der Waals surface area contributed by atoms with Crippen LogP contribution in [0.25, 0.3) is 0 Å². The highest BCUT2D eigenvalue weighted by Crippen LogP contribution is 2.09. The molecule has 0 saturated carbocycles. The molecule has 0 bridgehead atoms. The third-order valence-electron chi connectivity index (χ3n) is 3.59. The Morgan fingerprint density at radius 3 is 2.79 bits per heavy atom. The van der Waals surface area contributed by atoms with Gasteiger partial charge in [-0.25, -0.2) is 4.98 Å². The molecule has 5 nitrogen and oxygen atoms in total. The van der Waals surface area contributed by atoms with Gasteiger partial charge in [-0.1, -0.05) is 30.3 Å². The number of nitrogens with zero attached hydrogens (tertiary/aromatic N) is 2. The van der Waals surface area contributed by atoms with Crippen LogP contribution in [0.5, 0.6) is 5.88 Å². The quantitative estimate of drug-likeness (QED) is 0.720. The van der Waals surface area contributed by atoms with Crippen LogP contribution in [0.3, 0.4) is 0 Å². The largest absolute Gasteiger partial charge is 0.478 e. The summed E-state index contributed by atoms with van der Waals surface area (Å²) >= 11 is 0. The molecule has 0 aliphatic rings. The average molecular weight is 327 g/mol. The summed E-state index contributed by atoms with van der Waals surface area (Å²) < 4.78 is 5.31. The Morgan fingerprint density at radius 2 is 2.04 bits per heavy atom. The van der Waals surface area contributed by atoms with Gasteiger partial charge in [0, 0.05) is 30.9 Å². The van der Waals surface area contributed by atoms with Crippen LogP contribution in [0.1, 0.15) is 29.3 Å². The number of rotatable bonds is 9. The fraction of sp³-hybridized carbons (Fsp3) is 0.368. The van der Waals surface area contributed by atoms with Crippen LogP contribution in [0.15, 0.2) is 48.7 Å². The molecule has 1 aromatic heterocycles. The molecule has 5 heteroatoms. The topological polar surface area (TPSA) is 54.5 Å². The monoisotopic (exact) mass is 327 g/mol. The lowest BCUT2D eigenvalue weighted by Gasteiger charge is -2.16. The minimum Gasteiger partial charge on any atom is -0.478 e. The molecule has 1 N–H and O–H groups in total. The van der Waals surface area contributed by atoms with E-state index in [1.54, 1.807) is 18.3 Å². The number of nitrogens with one attached hydrogen (secondary N) is 1. The normalized spacial score (nSPS) is 10.6. The summed E-state index contributed by atoms with van der Waals surface area (Å²) in [4.78, 5) is 18.4. The molecule has 0 saturated heterocycles. The molecule has 0 aliphatic carbocycles. The molecule has 0 aliphatic heterocycles. The van der Waals surface area contributed by atoms with Crippen LogP contribution >= 0.6 is 0 Å². The number of carbonyl (C=O) groups is 1. The smallest absolute Gasteiger partial charge is 0.251 e. The van der Waals surface area contributed by atoms with Gasteiger partial charge in [0.15, 0.2) is 0 Å². The molecule has 0 radical (unpaired) electrons. The molecule has 0 spiro atoms. The number of hydrogen-bond donors (Lipinski definition) is 1. The van der Waals surface area contributed by atoms with Crippen LogP contribution in [0.2, 0.25) is 0 Å². The average Bonchev–Trinajstić information content (AvgIpc) is 2.60. The van der Waals surface area contributed by atoms with E-state index in [0.717, 1.165) is 19.5 Å². The van der Waals surface area contributed by atoms with Crippen molar-refractivity contribution in [1.82, 2.24) is 15.2 Å². The molecule has 0 unspecified atom stereocenters. The number of amides is 1. The third kappa shape index (κ3) is 6.01. The van der Waals surface area contributed by atoms with Gasteiger partial charge in [-0.15, -0.1) is 0 Å². The maximum atomic E-state index is 12.1. The van der Waals surface area contributed by atoms with Gasteiger partial charge in [0.2, 0.25) is 5.88 Å². The molecule has 0 fully saturated rings. The first-order valence-electron chi connectivity index (χ1n) is 8.28. The van der Waals surface area contributed by atoms with Crippen molar-refractivity contribution in [2.45, 2.75) is 19.9 Å². The molecule has 24 heavy (non-hydrogen) atoms. The van der Waals surface area contributed by atoms with E-state index in [0.29, 0.717) is 24.6 Å². The molecular formula is C19H25N3O2. The van der Waals surface area contributed by atoms with Gasteiger partial charge in [-0.05, 0) is 38.6 Å². The highest BCUT2D eigenvalue weighted by Gasteiger charge is 2.07. The van der Waals surface area contributed by atoms with Crippen LogP contribution in [-0.2, 0) is 6.54 Å². The SMILES string of the molecule is CCOc1cc(C(=O)NCCCN(C)Cc2ccccc2)ccn1. The highest BCUT2D eigenvalue weighted by molar-refractivity contribution is 5.94. The maximum absolute atomic E-state index is 12.1. The van der Waals surface area contributed by atoms with Gasteiger partial charge in [-0.2, -0.15) is 0 Å². The Bertz CT molecular complexity index is 632. The van der Waals surface area contributed by atoms with E-state index in [2.05, 4.69) is 46.5 Å². The van der Waals surface area contributed by atoms with E-state index in [4.69, 9.17) is 4.74 Å². The van der Waals surface area contributed by atoms with Crippen molar-refractivity contribution in [1.29, 1.82) is 0 Å². The maximum Gasteiger partial charge on any atom is 0.251 e. The molecule has 2 aromatic rings. The summed E-state index contributed by atoms with van der Waals surface area (Å²) in [7, 11) is 2.09. The molecule has 128 valence electrons. The van der Waals surface area contributed by atoms with Gasteiger partial charge >= 0.3 is 0 Å². The zero-order valence-electron chi connectivity index (χ0n) is 14.4. The Balaban J connectivity index is 1.70. The second-order valence-corrected chi connectivity index (χ2v) is 5.65. The van der Waals surface area contributed by atoms with Crippen LogP contribution < -0.4 is 10.1 Å². The number of benzene rings is 1. The van der Waals surface area contributed by atoms with Gasteiger partial charge in [-0.3, -0.25) is 4.79 Å². The van der Waals surface area contributed by atoms with E-state index in [1.807, 2.05) is 13.0 Å². The second kappa shape index (κ2) is 9.67. The number of aromatic nitrogens is 1. The van der Waals surface area contributed by atoms with Crippen molar-refractivity contribution in [3.8, 4) is 5.88 Å². The van der Waals surface area contributed by atoms with Crippen molar-refractivity contribution < 1.29 is 9.53 Å². The predicted octanol–water partition coefficient (Wildman–Crippen LogP) is 2.73. The second-order valence-electron chi connectivity index (χ2n) is 5.65. The lowest BCUT2D eigenvalue weighted by atomic mass is 10.2. The minimum atomic E-state index is -0.0935. The van der Waals surface area contributed by atoms with E-state index < -0.39 is 0 Å². The van der Waals surface area contributed by atoms with Crippen molar-refractivity contribution in [2.75, 3.05) is 26.7 Å². The van der Waals surface area contributed by atoms with Crippen molar-refractivity contribution in [2.24, 2.45) is 0 Å². The van der Waals surface area contributed by atoms with Crippen LogP contribution in [-0.4, -0.2) is 42.5 Å². The first-order chi connectivity index (χ1) is 11.7. The Labute approximate surface area is 143 Å². The molecule has 2 rings (SSSR count). The number of carbonyl (C=O) groups excluding carboxylic acids is 1. The van der Waals surface area contributed by atoms with Crippen LogP contribution in [0, 0.1) is 0 Å². The Kier molecular flexibility index (Phi) is 7.23. The van der Waals surface area contributed by atoms with E-state index in [-0.39, 0.29) is 5.91 Å². The first kappa shape index (κ1) is 17.9. The summed E-state index contributed by atoms with van der Waals surface area (Å²) in [6.45, 7) is 4.91. The number of pyridine rings is 1. The van der Waals surface area contributed by atoms with E-state index >= 15 is 0 Å². The van der Waals surface area contributed by atoms with E-state index in [1.165, 1.54) is 5.56 Å². The number of hydrogen-bond acceptors (Lipinski definition) is 4. The van der Waals surface area contributed by atoms with Gasteiger partial charge in [0.25, 0.3) is 5.91 Å². The summed E-state index contributed by atoms with van der Waals surface area (Å²) in [5, 5.41) is 2.94. The lowest BCUT2D eigenvalue weighted by Crippen LogP contribution is -2.28. The molecule has 1 heterocycles. The van der Waals surface area contributed by atoms with Crippen molar-refractivity contribution in [3.63, 3.8) is 0 Å². The summed E-state index contributed by atoms with van der Waals surface area (Å²) in [5.74, 6) is 0.386. The summed E-state index contributed by atoms with van der Waals surface area (Å²) in [6.07, 6.45) is 2.49. The van der Waals surface area contributed by atoms with Crippen LogP contribution in [0.4, 0.5) is 0 Å². The lowest BCUT2D eigenvalue weighted by molar-refractivity contribution is 0.0951. The molecule has 1 aromatic carbocycles. The molecule has 1 amide bonds. The van der Waals surface area contributed by atoms with E-state index in [9.17, 15) is 4.79 Å². The zero-order chi connectivity index (χ0) is 17.2. The van der Waals surface area contributed by atoms with Crippen molar-refractivity contribution >= 4 is 5.91 Å². The third-order valence-corrected chi connectivity index (χ3v) is 3.59. The molecular weight excluding hydrogens is 302 g/mol. The van der Waals surface area contributed by atoms with Crippen molar-refractivity contribution in [3.05, 3.63) is 59.8 Å². The van der Waals surface area contributed by atoms with Gasteiger partial charge in [0.1, 0.15) is 0 Å². The number of ether oxygens (including phenoxy) is 1. The Morgan fingerprint density at radius 1 is 1.25 bits per heavy atom. The standard InChI is InChI=1S/C19H25N3O2/c1-3-24-18-14-17(10-12-20-18)19(23)21-11-7-13-22(2)15-16-8-5-4-6-9-16/h4-6,8-10,12,14H,3,7,11,13,15H2,1-2H3,(H,21,23). The summed E-state index contributed by atoms with van der Waals surface area (Å²) in [6, 6.07) is 13.7. The fourth-order valence-electron chi connectivity index (χ4n) is 2.40. The molecule has 0 atom stereocenters. The fourth-order valence-corrected chi connectivity index (χ4v) is 2.40.